The molecule has 2 amide bonds. The number of hydrogen-bond donors (Lipinski definition) is 1. The number of carbonyl (C=O) groups is 2. The maximum Gasteiger partial charge on any atom is 0.238 e. The predicted octanol–water partition coefficient (Wildman–Crippen LogP) is 5.52. The normalized spacial score (nSPS) is 16.8. The topological polar surface area (TPSA) is 80.2 Å². The van der Waals surface area contributed by atoms with Crippen LogP contribution in [0.1, 0.15) is 12.0 Å². The molecule has 4 rings (SSSR count). The summed E-state index contributed by atoms with van der Waals surface area (Å²) in [5.74, 6) is 0.893. The summed E-state index contributed by atoms with van der Waals surface area (Å²) in [6, 6.07) is 21.6. The minimum absolute atomic E-state index is 0.0468. The zero-order chi connectivity index (χ0) is 24.8. The van der Waals surface area contributed by atoms with Crippen molar-refractivity contribution in [2.45, 2.75) is 18.2 Å². The van der Waals surface area contributed by atoms with E-state index in [1.54, 1.807) is 67.7 Å². The summed E-state index contributed by atoms with van der Waals surface area (Å²) in [7, 11) is 3.17. The Kier molecular flexibility index (Phi) is 7.94. The van der Waals surface area contributed by atoms with Crippen LogP contribution in [-0.2, 0) is 16.1 Å². The standard InChI is InChI=1S/C26H24ClN3O4S/c1-33-21-11-9-17(10-12-21)16-30-24(31)15-23(25(32)28-20-7-4-8-22(14-20)34-2)35-26(30)29-19-6-3-5-18(27)13-19/h3-14,23H,15-16H2,1-2H3,(H,28,32). The number of amidine groups is 1. The van der Waals surface area contributed by atoms with Crippen LogP contribution in [0, 0.1) is 0 Å². The quantitative estimate of drug-likeness (QED) is 0.453. The Balaban J connectivity index is 1.59. The lowest BCUT2D eigenvalue weighted by atomic mass is 10.2. The number of amides is 2. The number of halogens is 1. The Hall–Kier alpha value is -3.49. The van der Waals surface area contributed by atoms with Crippen molar-refractivity contribution in [3.05, 3.63) is 83.4 Å². The molecule has 1 aliphatic rings. The summed E-state index contributed by atoms with van der Waals surface area (Å²) in [5, 5.41) is 3.21. The molecule has 1 aliphatic heterocycles. The first-order chi connectivity index (χ1) is 16.9. The largest absolute Gasteiger partial charge is 0.497 e. The van der Waals surface area contributed by atoms with Gasteiger partial charge in [-0.1, -0.05) is 47.6 Å². The molecule has 1 fully saturated rings. The predicted molar refractivity (Wildman–Crippen MR) is 140 cm³/mol. The number of methoxy groups -OCH3 is 2. The van der Waals surface area contributed by atoms with Crippen molar-refractivity contribution in [2.75, 3.05) is 19.5 Å². The van der Waals surface area contributed by atoms with Crippen molar-refractivity contribution in [1.82, 2.24) is 4.90 Å². The lowest BCUT2D eigenvalue weighted by Crippen LogP contribution is -2.44. The van der Waals surface area contributed by atoms with Crippen LogP contribution in [0.5, 0.6) is 11.5 Å². The number of ether oxygens (including phenoxy) is 2. The number of rotatable bonds is 7. The van der Waals surface area contributed by atoms with Gasteiger partial charge in [0.15, 0.2) is 5.17 Å². The van der Waals surface area contributed by atoms with E-state index < -0.39 is 5.25 Å². The number of anilines is 1. The second-order valence-corrected chi connectivity index (χ2v) is 9.34. The fourth-order valence-corrected chi connectivity index (χ4v) is 4.77. The molecule has 0 saturated carbocycles. The maximum absolute atomic E-state index is 13.2. The Bertz CT molecular complexity index is 1250. The van der Waals surface area contributed by atoms with Crippen LogP contribution < -0.4 is 14.8 Å². The first-order valence-corrected chi connectivity index (χ1v) is 12.1. The third kappa shape index (κ3) is 6.35. The molecule has 3 aromatic rings. The zero-order valence-corrected chi connectivity index (χ0v) is 20.8. The van der Waals surface area contributed by atoms with Crippen LogP contribution in [0.25, 0.3) is 0 Å². The smallest absolute Gasteiger partial charge is 0.238 e. The molecule has 1 N–H and O–H groups in total. The van der Waals surface area contributed by atoms with E-state index in [1.807, 2.05) is 24.3 Å². The Morgan fingerprint density at radius 3 is 2.51 bits per heavy atom. The van der Waals surface area contributed by atoms with E-state index in [0.717, 1.165) is 11.3 Å². The Morgan fingerprint density at radius 2 is 1.80 bits per heavy atom. The third-order valence-electron chi connectivity index (χ3n) is 5.30. The second kappa shape index (κ2) is 11.3. The summed E-state index contributed by atoms with van der Waals surface area (Å²) in [5.41, 5.74) is 2.11. The first kappa shape index (κ1) is 24.6. The van der Waals surface area contributed by atoms with E-state index in [1.165, 1.54) is 11.8 Å². The van der Waals surface area contributed by atoms with Crippen molar-refractivity contribution in [1.29, 1.82) is 0 Å². The lowest BCUT2D eigenvalue weighted by Gasteiger charge is -2.32. The van der Waals surface area contributed by atoms with Crippen molar-refractivity contribution >= 4 is 51.7 Å². The van der Waals surface area contributed by atoms with Gasteiger partial charge in [-0.2, -0.15) is 0 Å². The fourth-order valence-electron chi connectivity index (χ4n) is 3.49. The zero-order valence-electron chi connectivity index (χ0n) is 19.2. The summed E-state index contributed by atoms with van der Waals surface area (Å²) in [6.45, 7) is 0.319. The number of hydrogen-bond acceptors (Lipinski definition) is 6. The highest BCUT2D eigenvalue weighted by atomic mass is 35.5. The molecule has 9 heteroatoms. The van der Waals surface area contributed by atoms with Crippen LogP contribution in [0.15, 0.2) is 77.8 Å². The van der Waals surface area contributed by atoms with E-state index in [2.05, 4.69) is 10.3 Å². The molecule has 0 radical (unpaired) electrons. The second-order valence-electron chi connectivity index (χ2n) is 7.73. The molecular weight excluding hydrogens is 486 g/mol. The van der Waals surface area contributed by atoms with Gasteiger partial charge in [-0.25, -0.2) is 4.99 Å². The maximum atomic E-state index is 13.2. The van der Waals surface area contributed by atoms with Gasteiger partial charge in [-0.05, 0) is 48.0 Å². The van der Waals surface area contributed by atoms with Crippen molar-refractivity contribution in [3.63, 3.8) is 0 Å². The number of carbonyl (C=O) groups excluding carboxylic acids is 2. The van der Waals surface area contributed by atoms with Gasteiger partial charge < -0.3 is 14.8 Å². The van der Waals surface area contributed by atoms with Crippen molar-refractivity contribution < 1.29 is 19.1 Å². The molecule has 35 heavy (non-hydrogen) atoms. The SMILES string of the molecule is COc1ccc(CN2C(=O)CC(C(=O)Nc3cccc(OC)c3)SC2=Nc2cccc(Cl)c2)cc1. The minimum Gasteiger partial charge on any atom is -0.497 e. The van der Waals surface area contributed by atoms with Crippen LogP contribution in [-0.4, -0.2) is 41.4 Å². The van der Waals surface area contributed by atoms with E-state index in [0.29, 0.717) is 33.9 Å². The average Bonchev–Trinajstić information content (AvgIpc) is 2.86. The number of nitrogens with one attached hydrogen (secondary N) is 1. The number of aliphatic imine (C=N–C) groups is 1. The van der Waals surface area contributed by atoms with E-state index in [4.69, 9.17) is 21.1 Å². The van der Waals surface area contributed by atoms with Gasteiger partial charge in [0.05, 0.1) is 26.5 Å². The number of thioether (sulfide) groups is 1. The van der Waals surface area contributed by atoms with Gasteiger partial charge in [0.1, 0.15) is 16.7 Å². The molecule has 0 aromatic heterocycles. The lowest BCUT2D eigenvalue weighted by molar-refractivity contribution is -0.129. The number of nitrogens with zero attached hydrogens (tertiary/aromatic N) is 2. The molecule has 0 bridgehead atoms. The average molecular weight is 510 g/mol. The van der Waals surface area contributed by atoms with Gasteiger partial charge in [-0.15, -0.1) is 0 Å². The monoisotopic (exact) mass is 509 g/mol. The highest BCUT2D eigenvalue weighted by Crippen LogP contribution is 2.32. The van der Waals surface area contributed by atoms with Crippen LogP contribution >= 0.6 is 23.4 Å². The van der Waals surface area contributed by atoms with E-state index in [9.17, 15) is 9.59 Å². The summed E-state index contributed by atoms with van der Waals surface area (Å²) >= 11 is 7.39. The Labute approximate surface area is 213 Å². The minimum atomic E-state index is -0.640. The molecule has 1 saturated heterocycles. The Morgan fingerprint density at radius 1 is 1.06 bits per heavy atom. The molecule has 1 unspecified atom stereocenters. The van der Waals surface area contributed by atoms with Crippen LogP contribution in [0.2, 0.25) is 5.02 Å². The molecule has 0 aliphatic carbocycles. The molecule has 1 atom stereocenters. The van der Waals surface area contributed by atoms with E-state index >= 15 is 0 Å². The summed E-state index contributed by atoms with van der Waals surface area (Å²) < 4.78 is 10.4. The van der Waals surface area contributed by atoms with Crippen molar-refractivity contribution in [2.24, 2.45) is 4.99 Å². The molecular formula is C26H24ClN3O4S. The highest BCUT2D eigenvalue weighted by Gasteiger charge is 2.36. The molecule has 0 spiro atoms. The highest BCUT2D eigenvalue weighted by molar-refractivity contribution is 8.15. The van der Waals surface area contributed by atoms with Gasteiger partial charge in [0.25, 0.3) is 0 Å². The fraction of sp³-hybridized carbons (Fsp3) is 0.192. The third-order valence-corrected chi connectivity index (χ3v) is 6.72. The van der Waals surface area contributed by atoms with E-state index in [-0.39, 0.29) is 18.2 Å². The first-order valence-electron chi connectivity index (χ1n) is 10.8. The molecule has 7 nitrogen and oxygen atoms in total. The summed E-state index contributed by atoms with van der Waals surface area (Å²) in [6.07, 6.45) is 0.0468. The van der Waals surface area contributed by atoms with Gasteiger partial charge in [0.2, 0.25) is 11.8 Å². The summed E-state index contributed by atoms with van der Waals surface area (Å²) in [4.78, 5) is 32.6. The molecule has 3 aromatic carbocycles. The van der Waals surface area contributed by atoms with Gasteiger partial charge in [-0.3, -0.25) is 14.5 Å². The molecule has 180 valence electrons. The number of benzene rings is 3. The van der Waals surface area contributed by atoms with Gasteiger partial charge >= 0.3 is 0 Å². The van der Waals surface area contributed by atoms with Crippen LogP contribution in [0.3, 0.4) is 0 Å². The molecule has 1 heterocycles. The van der Waals surface area contributed by atoms with Crippen LogP contribution in [0.4, 0.5) is 11.4 Å². The van der Waals surface area contributed by atoms with Crippen molar-refractivity contribution in [3.8, 4) is 11.5 Å². The van der Waals surface area contributed by atoms with Gasteiger partial charge in [0, 0.05) is 23.2 Å².